The summed E-state index contributed by atoms with van der Waals surface area (Å²) in [6, 6.07) is 5.91. The van der Waals surface area contributed by atoms with Crippen LogP contribution < -0.4 is 15.2 Å². The van der Waals surface area contributed by atoms with E-state index in [9.17, 15) is 0 Å². The minimum absolute atomic E-state index is 0.0690. The zero-order valence-electron chi connectivity index (χ0n) is 10.2. The number of imidazole rings is 1. The van der Waals surface area contributed by atoms with E-state index in [1.54, 1.807) is 6.20 Å². The maximum Gasteiger partial charge on any atom is 0.231 e. The molecule has 0 saturated carbocycles. The minimum atomic E-state index is 0.0690. The van der Waals surface area contributed by atoms with Gasteiger partial charge in [0.25, 0.3) is 0 Å². The van der Waals surface area contributed by atoms with Crippen LogP contribution in [-0.4, -0.2) is 22.9 Å². The molecule has 1 unspecified atom stereocenters. The van der Waals surface area contributed by atoms with Gasteiger partial charge in [-0.2, -0.15) is 0 Å². The Hall–Kier alpha value is -2.01. The lowest BCUT2D eigenvalue weighted by Crippen LogP contribution is -2.17. The molecule has 2 aromatic rings. The van der Waals surface area contributed by atoms with Gasteiger partial charge in [-0.25, -0.2) is 4.98 Å². The molecule has 94 valence electrons. The van der Waals surface area contributed by atoms with Crippen molar-refractivity contribution in [1.29, 1.82) is 0 Å². The summed E-state index contributed by atoms with van der Waals surface area (Å²) in [6.07, 6.45) is 3.70. The first-order chi connectivity index (χ1) is 8.79. The minimum Gasteiger partial charge on any atom is -0.454 e. The maximum atomic E-state index is 5.88. The average Bonchev–Trinajstić information content (AvgIpc) is 2.99. The molecule has 0 aliphatic carbocycles. The monoisotopic (exact) mass is 245 g/mol. The number of nitrogens with zero attached hydrogens (tertiary/aromatic N) is 2. The number of hydrogen-bond acceptors (Lipinski definition) is 4. The number of aryl methyl sites for hydroxylation is 1. The van der Waals surface area contributed by atoms with Crippen molar-refractivity contribution in [3.05, 3.63) is 42.0 Å². The Bertz CT molecular complexity index is 565. The van der Waals surface area contributed by atoms with E-state index >= 15 is 0 Å². The number of fused-ring (bicyclic) bond motifs is 1. The maximum absolute atomic E-state index is 5.88. The normalized spacial score (nSPS) is 14.8. The van der Waals surface area contributed by atoms with Gasteiger partial charge in [0.05, 0.1) is 5.92 Å². The van der Waals surface area contributed by atoms with Crippen molar-refractivity contribution in [2.24, 2.45) is 12.8 Å². The third-order valence-electron chi connectivity index (χ3n) is 3.20. The molecule has 18 heavy (non-hydrogen) atoms. The van der Waals surface area contributed by atoms with Crippen molar-refractivity contribution in [2.45, 2.75) is 5.92 Å². The second-order valence-electron chi connectivity index (χ2n) is 4.30. The fourth-order valence-corrected chi connectivity index (χ4v) is 2.23. The highest BCUT2D eigenvalue weighted by Gasteiger charge is 2.20. The van der Waals surface area contributed by atoms with E-state index in [2.05, 4.69) is 4.98 Å². The number of benzene rings is 1. The quantitative estimate of drug-likeness (QED) is 0.883. The van der Waals surface area contributed by atoms with Gasteiger partial charge in [-0.1, -0.05) is 6.07 Å². The molecule has 1 aliphatic rings. The van der Waals surface area contributed by atoms with Crippen molar-refractivity contribution >= 4 is 0 Å². The van der Waals surface area contributed by atoms with Crippen LogP contribution in [0.25, 0.3) is 0 Å². The number of aromatic nitrogens is 2. The van der Waals surface area contributed by atoms with E-state index in [0.717, 1.165) is 22.9 Å². The molecule has 0 radical (unpaired) electrons. The van der Waals surface area contributed by atoms with Gasteiger partial charge in [-0.15, -0.1) is 0 Å². The van der Waals surface area contributed by atoms with Gasteiger partial charge in [0, 0.05) is 26.0 Å². The first kappa shape index (κ1) is 11.1. The van der Waals surface area contributed by atoms with Crippen LogP contribution in [0.4, 0.5) is 0 Å². The van der Waals surface area contributed by atoms with E-state index in [0.29, 0.717) is 6.54 Å². The Kier molecular flexibility index (Phi) is 2.68. The van der Waals surface area contributed by atoms with Crippen LogP contribution in [0.1, 0.15) is 17.3 Å². The molecular weight excluding hydrogens is 230 g/mol. The van der Waals surface area contributed by atoms with Crippen molar-refractivity contribution in [2.75, 3.05) is 13.3 Å². The summed E-state index contributed by atoms with van der Waals surface area (Å²) in [5, 5.41) is 0. The lowest BCUT2D eigenvalue weighted by atomic mass is 9.98. The molecule has 0 fully saturated rings. The van der Waals surface area contributed by atoms with Gasteiger partial charge in [-0.05, 0) is 17.7 Å². The highest BCUT2D eigenvalue weighted by molar-refractivity contribution is 5.46. The molecule has 3 rings (SSSR count). The summed E-state index contributed by atoms with van der Waals surface area (Å²) in [5.41, 5.74) is 6.98. The summed E-state index contributed by atoms with van der Waals surface area (Å²) < 4.78 is 12.7. The van der Waals surface area contributed by atoms with Crippen LogP contribution in [0, 0.1) is 0 Å². The summed E-state index contributed by atoms with van der Waals surface area (Å²) in [6.45, 7) is 0.791. The molecule has 1 aromatic heterocycles. The van der Waals surface area contributed by atoms with E-state index < -0.39 is 0 Å². The van der Waals surface area contributed by atoms with Gasteiger partial charge in [0.15, 0.2) is 11.5 Å². The van der Waals surface area contributed by atoms with Crippen molar-refractivity contribution < 1.29 is 9.47 Å². The molecular formula is C13H15N3O2. The largest absolute Gasteiger partial charge is 0.454 e. The lowest BCUT2D eigenvalue weighted by molar-refractivity contribution is 0.174. The van der Waals surface area contributed by atoms with Crippen LogP contribution >= 0.6 is 0 Å². The van der Waals surface area contributed by atoms with E-state index in [1.165, 1.54) is 0 Å². The van der Waals surface area contributed by atoms with E-state index in [4.69, 9.17) is 15.2 Å². The zero-order valence-corrected chi connectivity index (χ0v) is 10.2. The lowest BCUT2D eigenvalue weighted by Gasteiger charge is -2.15. The Balaban J connectivity index is 2.00. The summed E-state index contributed by atoms with van der Waals surface area (Å²) in [7, 11) is 1.97. The van der Waals surface area contributed by atoms with E-state index in [-0.39, 0.29) is 12.7 Å². The van der Waals surface area contributed by atoms with Crippen LogP contribution in [0.3, 0.4) is 0 Å². The Labute approximate surface area is 105 Å². The predicted molar refractivity (Wildman–Crippen MR) is 66.7 cm³/mol. The number of hydrogen-bond donors (Lipinski definition) is 1. The number of nitrogens with two attached hydrogens (primary N) is 1. The fraction of sp³-hybridized carbons (Fsp3) is 0.308. The van der Waals surface area contributed by atoms with Gasteiger partial charge >= 0.3 is 0 Å². The summed E-state index contributed by atoms with van der Waals surface area (Å²) in [4.78, 5) is 4.37. The summed E-state index contributed by atoms with van der Waals surface area (Å²) in [5.74, 6) is 2.59. The highest BCUT2D eigenvalue weighted by Crippen LogP contribution is 2.35. The molecule has 0 bridgehead atoms. The first-order valence-corrected chi connectivity index (χ1v) is 5.86. The molecule has 5 nitrogen and oxygen atoms in total. The fourth-order valence-electron chi connectivity index (χ4n) is 2.23. The Morgan fingerprint density at radius 3 is 2.94 bits per heavy atom. The standard InChI is InChI=1S/C13H15N3O2/c1-16-5-4-15-13(16)10(7-14)9-2-3-11-12(6-9)18-8-17-11/h2-6,10H,7-8,14H2,1H3. The third-order valence-corrected chi connectivity index (χ3v) is 3.20. The van der Waals surface area contributed by atoms with Crippen LogP contribution in [0.5, 0.6) is 11.5 Å². The van der Waals surface area contributed by atoms with Crippen molar-refractivity contribution in [1.82, 2.24) is 9.55 Å². The molecule has 0 amide bonds. The Morgan fingerprint density at radius 2 is 2.22 bits per heavy atom. The molecule has 1 aliphatic heterocycles. The highest BCUT2D eigenvalue weighted by atomic mass is 16.7. The first-order valence-electron chi connectivity index (χ1n) is 5.86. The molecule has 1 atom stereocenters. The topological polar surface area (TPSA) is 62.3 Å². The van der Waals surface area contributed by atoms with Crippen LogP contribution in [-0.2, 0) is 7.05 Å². The average molecular weight is 245 g/mol. The van der Waals surface area contributed by atoms with Gasteiger partial charge in [0.2, 0.25) is 6.79 Å². The Morgan fingerprint density at radius 1 is 1.39 bits per heavy atom. The van der Waals surface area contributed by atoms with Gasteiger partial charge in [0.1, 0.15) is 5.82 Å². The van der Waals surface area contributed by atoms with Crippen LogP contribution in [0.15, 0.2) is 30.6 Å². The second-order valence-corrected chi connectivity index (χ2v) is 4.30. The SMILES string of the molecule is Cn1ccnc1C(CN)c1ccc2c(c1)OCO2. The van der Waals surface area contributed by atoms with E-state index in [1.807, 2.05) is 36.0 Å². The summed E-state index contributed by atoms with van der Waals surface area (Å²) >= 11 is 0. The predicted octanol–water partition coefficient (Wildman–Crippen LogP) is 1.24. The second kappa shape index (κ2) is 4.34. The number of ether oxygens (including phenoxy) is 2. The number of rotatable bonds is 3. The third kappa shape index (κ3) is 1.73. The van der Waals surface area contributed by atoms with Crippen molar-refractivity contribution in [3.63, 3.8) is 0 Å². The van der Waals surface area contributed by atoms with Crippen LogP contribution in [0.2, 0.25) is 0 Å². The molecule has 2 heterocycles. The molecule has 0 spiro atoms. The molecule has 1 aromatic carbocycles. The molecule has 5 heteroatoms. The van der Waals surface area contributed by atoms with Crippen molar-refractivity contribution in [3.8, 4) is 11.5 Å². The van der Waals surface area contributed by atoms with Gasteiger partial charge in [-0.3, -0.25) is 0 Å². The van der Waals surface area contributed by atoms with Gasteiger partial charge < -0.3 is 19.8 Å². The molecule has 0 saturated heterocycles. The molecule has 2 N–H and O–H groups in total. The smallest absolute Gasteiger partial charge is 0.231 e. The zero-order chi connectivity index (χ0) is 12.5.